The van der Waals surface area contributed by atoms with Crippen molar-refractivity contribution >= 4 is 11.6 Å². The molecule has 0 aliphatic carbocycles. The third-order valence-electron chi connectivity index (χ3n) is 2.56. The molecule has 4 heteroatoms. The molecule has 1 aromatic heterocycles. The highest BCUT2D eigenvalue weighted by Gasteiger charge is 2.06. The number of ether oxygens (including phenoxy) is 1. The Labute approximate surface area is 105 Å². The lowest BCUT2D eigenvalue weighted by Crippen LogP contribution is -1.93. The van der Waals surface area contributed by atoms with E-state index in [4.69, 9.17) is 16.3 Å². The van der Waals surface area contributed by atoms with Gasteiger partial charge in [0.05, 0.1) is 7.11 Å². The van der Waals surface area contributed by atoms with Crippen LogP contribution in [0.2, 0.25) is 5.15 Å². The number of hydrogen-bond donors (Lipinski definition) is 0. The lowest BCUT2D eigenvalue weighted by molar-refractivity contribution is 0.412. The standard InChI is InChI=1S/C13H13ClN2O/c1-8-6-10(4-5-11(8)17-3)13-15-7-9(2)12(14)16-13/h4-7H,1-3H3. The van der Waals surface area contributed by atoms with Crippen molar-refractivity contribution in [1.82, 2.24) is 9.97 Å². The van der Waals surface area contributed by atoms with E-state index < -0.39 is 0 Å². The molecule has 0 saturated heterocycles. The number of benzene rings is 1. The molecule has 0 spiro atoms. The molecule has 1 heterocycles. The highest BCUT2D eigenvalue weighted by atomic mass is 35.5. The van der Waals surface area contributed by atoms with Gasteiger partial charge in [0.2, 0.25) is 0 Å². The van der Waals surface area contributed by atoms with Gasteiger partial charge in [0.25, 0.3) is 0 Å². The van der Waals surface area contributed by atoms with Crippen molar-refractivity contribution in [1.29, 1.82) is 0 Å². The Bertz CT molecular complexity index is 555. The van der Waals surface area contributed by atoms with Crippen LogP contribution >= 0.6 is 11.6 Å². The molecule has 0 aliphatic heterocycles. The zero-order valence-electron chi connectivity index (χ0n) is 9.99. The molecule has 0 radical (unpaired) electrons. The number of halogens is 1. The highest BCUT2D eigenvalue weighted by Crippen LogP contribution is 2.24. The van der Waals surface area contributed by atoms with Crippen LogP contribution < -0.4 is 4.74 Å². The summed E-state index contributed by atoms with van der Waals surface area (Å²) >= 11 is 5.99. The van der Waals surface area contributed by atoms with E-state index in [0.29, 0.717) is 11.0 Å². The van der Waals surface area contributed by atoms with Crippen LogP contribution in [0.1, 0.15) is 11.1 Å². The smallest absolute Gasteiger partial charge is 0.160 e. The van der Waals surface area contributed by atoms with Gasteiger partial charge in [-0.1, -0.05) is 11.6 Å². The number of rotatable bonds is 2. The van der Waals surface area contributed by atoms with Gasteiger partial charge in [-0.3, -0.25) is 0 Å². The van der Waals surface area contributed by atoms with E-state index in [-0.39, 0.29) is 0 Å². The van der Waals surface area contributed by atoms with E-state index in [9.17, 15) is 0 Å². The lowest BCUT2D eigenvalue weighted by Gasteiger charge is -2.07. The Morgan fingerprint density at radius 1 is 1.18 bits per heavy atom. The van der Waals surface area contributed by atoms with E-state index in [0.717, 1.165) is 22.4 Å². The van der Waals surface area contributed by atoms with Crippen LogP contribution in [-0.2, 0) is 0 Å². The second-order valence-electron chi connectivity index (χ2n) is 3.85. The van der Waals surface area contributed by atoms with E-state index in [1.807, 2.05) is 32.0 Å². The van der Waals surface area contributed by atoms with Crippen molar-refractivity contribution in [2.75, 3.05) is 7.11 Å². The number of aromatic nitrogens is 2. The van der Waals surface area contributed by atoms with Crippen LogP contribution in [-0.4, -0.2) is 17.1 Å². The van der Waals surface area contributed by atoms with Crippen LogP contribution in [0.3, 0.4) is 0 Å². The summed E-state index contributed by atoms with van der Waals surface area (Å²) in [7, 11) is 1.65. The lowest BCUT2D eigenvalue weighted by atomic mass is 10.1. The molecule has 2 aromatic rings. The zero-order valence-corrected chi connectivity index (χ0v) is 10.7. The number of aryl methyl sites for hydroxylation is 2. The van der Waals surface area contributed by atoms with Crippen molar-refractivity contribution < 1.29 is 4.74 Å². The molecule has 2 rings (SSSR count). The maximum atomic E-state index is 5.99. The molecule has 17 heavy (non-hydrogen) atoms. The molecule has 0 atom stereocenters. The molecule has 1 aromatic carbocycles. The second-order valence-corrected chi connectivity index (χ2v) is 4.21. The molecular weight excluding hydrogens is 236 g/mol. The minimum atomic E-state index is 0.489. The minimum Gasteiger partial charge on any atom is -0.496 e. The Morgan fingerprint density at radius 3 is 2.53 bits per heavy atom. The average Bonchev–Trinajstić information content (AvgIpc) is 2.32. The Balaban J connectivity index is 2.46. The topological polar surface area (TPSA) is 35.0 Å². The van der Waals surface area contributed by atoms with E-state index in [2.05, 4.69) is 9.97 Å². The van der Waals surface area contributed by atoms with E-state index >= 15 is 0 Å². The zero-order chi connectivity index (χ0) is 12.4. The number of methoxy groups -OCH3 is 1. The minimum absolute atomic E-state index is 0.489. The van der Waals surface area contributed by atoms with Gasteiger partial charge in [-0.25, -0.2) is 9.97 Å². The van der Waals surface area contributed by atoms with Crippen molar-refractivity contribution in [2.24, 2.45) is 0 Å². The average molecular weight is 249 g/mol. The van der Waals surface area contributed by atoms with Gasteiger partial charge in [0, 0.05) is 17.3 Å². The van der Waals surface area contributed by atoms with Crippen LogP contribution in [0.25, 0.3) is 11.4 Å². The Hall–Kier alpha value is -1.61. The van der Waals surface area contributed by atoms with Gasteiger partial charge in [-0.05, 0) is 37.6 Å². The van der Waals surface area contributed by atoms with Gasteiger partial charge in [-0.15, -0.1) is 0 Å². The summed E-state index contributed by atoms with van der Waals surface area (Å²) in [4.78, 5) is 8.52. The molecule has 0 fully saturated rings. The predicted molar refractivity (Wildman–Crippen MR) is 68.5 cm³/mol. The molecule has 0 saturated carbocycles. The molecule has 0 bridgehead atoms. The molecule has 3 nitrogen and oxygen atoms in total. The Kier molecular flexibility index (Phi) is 3.29. The summed E-state index contributed by atoms with van der Waals surface area (Å²) in [6, 6.07) is 5.81. The molecule has 88 valence electrons. The third kappa shape index (κ3) is 2.39. The summed E-state index contributed by atoms with van der Waals surface area (Å²) in [5.74, 6) is 1.48. The number of nitrogens with zero attached hydrogens (tertiary/aromatic N) is 2. The van der Waals surface area contributed by atoms with Gasteiger partial charge in [-0.2, -0.15) is 0 Å². The fourth-order valence-electron chi connectivity index (χ4n) is 1.58. The van der Waals surface area contributed by atoms with Crippen LogP contribution in [0.15, 0.2) is 24.4 Å². The summed E-state index contributed by atoms with van der Waals surface area (Å²) in [5.41, 5.74) is 2.86. The maximum Gasteiger partial charge on any atom is 0.160 e. The van der Waals surface area contributed by atoms with E-state index in [1.54, 1.807) is 13.3 Å². The summed E-state index contributed by atoms with van der Waals surface area (Å²) in [6.07, 6.45) is 1.73. The largest absolute Gasteiger partial charge is 0.496 e. The molecule has 0 N–H and O–H groups in total. The second kappa shape index (κ2) is 4.72. The maximum absolute atomic E-state index is 5.99. The van der Waals surface area contributed by atoms with Crippen LogP contribution in [0.4, 0.5) is 0 Å². The first-order chi connectivity index (χ1) is 8.11. The summed E-state index contributed by atoms with van der Waals surface area (Å²) < 4.78 is 5.21. The van der Waals surface area contributed by atoms with Gasteiger partial charge < -0.3 is 4.74 Å². The highest BCUT2D eigenvalue weighted by molar-refractivity contribution is 6.30. The van der Waals surface area contributed by atoms with Crippen molar-refractivity contribution in [3.05, 3.63) is 40.7 Å². The van der Waals surface area contributed by atoms with Crippen molar-refractivity contribution in [2.45, 2.75) is 13.8 Å². The molecule has 0 amide bonds. The van der Waals surface area contributed by atoms with Gasteiger partial charge in [0.1, 0.15) is 10.9 Å². The first kappa shape index (κ1) is 11.9. The molecule has 0 unspecified atom stereocenters. The van der Waals surface area contributed by atoms with Gasteiger partial charge >= 0.3 is 0 Å². The normalized spacial score (nSPS) is 10.4. The quantitative estimate of drug-likeness (QED) is 0.764. The summed E-state index contributed by atoms with van der Waals surface area (Å²) in [5, 5.41) is 0.489. The van der Waals surface area contributed by atoms with Crippen LogP contribution in [0.5, 0.6) is 5.75 Å². The SMILES string of the molecule is COc1ccc(-c2ncc(C)c(Cl)n2)cc1C. The van der Waals surface area contributed by atoms with E-state index in [1.165, 1.54) is 0 Å². The monoisotopic (exact) mass is 248 g/mol. The first-order valence-corrected chi connectivity index (χ1v) is 5.64. The fraction of sp³-hybridized carbons (Fsp3) is 0.231. The van der Waals surface area contributed by atoms with Crippen molar-refractivity contribution in [3.8, 4) is 17.1 Å². The fourth-order valence-corrected chi connectivity index (χ4v) is 1.71. The molecular formula is C13H13ClN2O. The predicted octanol–water partition coefficient (Wildman–Crippen LogP) is 3.42. The number of hydrogen-bond acceptors (Lipinski definition) is 3. The van der Waals surface area contributed by atoms with Crippen molar-refractivity contribution in [3.63, 3.8) is 0 Å². The Morgan fingerprint density at radius 2 is 1.94 bits per heavy atom. The molecule has 0 aliphatic rings. The summed E-state index contributed by atoms with van der Waals surface area (Å²) in [6.45, 7) is 3.86. The third-order valence-corrected chi connectivity index (χ3v) is 2.95. The first-order valence-electron chi connectivity index (χ1n) is 5.26. The van der Waals surface area contributed by atoms with Crippen LogP contribution in [0, 0.1) is 13.8 Å². The van der Waals surface area contributed by atoms with Gasteiger partial charge in [0.15, 0.2) is 5.82 Å².